The molecule has 6 nitrogen and oxygen atoms in total. The van der Waals surface area contributed by atoms with Gasteiger partial charge in [-0.05, 0) is 57.9 Å². The molecule has 29 heavy (non-hydrogen) atoms. The molecule has 6 heteroatoms. The highest BCUT2D eigenvalue weighted by Gasteiger charge is 2.14. The monoisotopic (exact) mass is 400 g/mol. The highest BCUT2D eigenvalue weighted by molar-refractivity contribution is 5.74. The van der Waals surface area contributed by atoms with E-state index in [-0.39, 0.29) is 12.1 Å². The minimum atomic E-state index is -0.209. The number of ether oxygens (including phenoxy) is 3. The number of aryl methyl sites for hydroxylation is 1. The Labute approximate surface area is 173 Å². The van der Waals surface area contributed by atoms with E-state index in [0.717, 1.165) is 28.2 Å². The summed E-state index contributed by atoms with van der Waals surface area (Å²) in [6.07, 6.45) is 0.694. The van der Waals surface area contributed by atoms with Gasteiger partial charge in [-0.15, -0.1) is 0 Å². The Morgan fingerprint density at radius 2 is 1.69 bits per heavy atom. The predicted molar refractivity (Wildman–Crippen MR) is 115 cm³/mol. The van der Waals surface area contributed by atoms with Crippen LogP contribution < -0.4 is 24.8 Å². The number of hydrogen-bond donors (Lipinski definition) is 2. The summed E-state index contributed by atoms with van der Waals surface area (Å²) in [5.41, 5.74) is 3.16. The van der Waals surface area contributed by atoms with Crippen LogP contribution in [-0.2, 0) is 6.42 Å². The minimum Gasteiger partial charge on any atom is -0.494 e. The van der Waals surface area contributed by atoms with E-state index in [4.69, 9.17) is 14.2 Å². The van der Waals surface area contributed by atoms with Crippen LogP contribution in [0.3, 0.4) is 0 Å². The Kier molecular flexibility index (Phi) is 8.65. The number of benzene rings is 2. The molecule has 0 aliphatic rings. The largest absolute Gasteiger partial charge is 0.494 e. The third kappa shape index (κ3) is 6.59. The van der Waals surface area contributed by atoms with Crippen molar-refractivity contribution in [3.8, 4) is 17.2 Å². The van der Waals surface area contributed by atoms with Gasteiger partial charge in [0.1, 0.15) is 5.75 Å². The number of methoxy groups -OCH3 is 1. The molecule has 0 heterocycles. The fourth-order valence-corrected chi connectivity index (χ4v) is 3.08. The number of carbonyl (C=O) groups excluding carboxylic acids is 1. The second-order valence-electron chi connectivity index (χ2n) is 6.76. The number of carbonyl (C=O) groups is 1. The first-order valence-electron chi connectivity index (χ1n) is 10.1. The molecule has 0 spiro atoms. The van der Waals surface area contributed by atoms with Crippen molar-refractivity contribution in [3.05, 3.63) is 53.1 Å². The summed E-state index contributed by atoms with van der Waals surface area (Å²) in [5, 5.41) is 5.89. The number of amides is 2. The van der Waals surface area contributed by atoms with E-state index in [2.05, 4.69) is 10.6 Å². The molecule has 0 fully saturated rings. The van der Waals surface area contributed by atoms with Crippen molar-refractivity contribution >= 4 is 6.03 Å². The highest BCUT2D eigenvalue weighted by atomic mass is 16.5. The maximum atomic E-state index is 12.3. The molecule has 0 bridgehead atoms. The van der Waals surface area contributed by atoms with Gasteiger partial charge < -0.3 is 24.8 Å². The summed E-state index contributed by atoms with van der Waals surface area (Å²) in [5.74, 6) is 2.22. The summed E-state index contributed by atoms with van der Waals surface area (Å²) in [4.78, 5) is 12.3. The zero-order valence-electron chi connectivity index (χ0n) is 18.0. The molecule has 2 aromatic carbocycles. The van der Waals surface area contributed by atoms with E-state index in [9.17, 15) is 4.79 Å². The van der Waals surface area contributed by atoms with Gasteiger partial charge in [0.15, 0.2) is 11.5 Å². The van der Waals surface area contributed by atoms with Gasteiger partial charge >= 0.3 is 6.03 Å². The molecule has 0 saturated heterocycles. The SMILES string of the molecule is CCOc1ccc(CCNC(=O)NC(C)c2cc(C)ccc2OCC)cc1OC. The molecular weight excluding hydrogens is 368 g/mol. The maximum Gasteiger partial charge on any atom is 0.315 e. The highest BCUT2D eigenvalue weighted by Crippen LogP contribution is 2.28. The molecule has 2 N–H and O–H groups in total. The van der Waals surface area contributed by atoms with Gasteiger partial charge in [0.05, 0.1) is 26.4 Å². The van der Waals surface area contributed by atoms with Gasteiger partial charge in [-0.3, -0.25) is 0 Å². The molecular formula is C23H32N2O4. The van der Waals surface area contributed by atoms with Crippen LogP contribution in [0.2, 0.25) is 0 Å². The average Bonchev–Trinajstić information content (AvgIpc) is 2.70. The minimum absolute atomic E-state index is 0.165. The zero-order chi connectivity index (χ0) is 21.2. The molecule has 0 radical (unpaired) electrons. The maximum absolute atomic E-state index is 12.3. The molecule has 2 rings (SSSR count). The summed E-state index contributed by atoms with van der Waals surface area (Å²) in [6.45, 7) is 9.55. The third-order valence-corrected chi connectivity index (χ3v) is 4.51. The quantitative estimate of drug-likeness (QED) is 0.620. The summed E-state index contributed by atoms with van der Waals surface area (Å²) in [7, 11) is 1.62. The van der Waals surface area contributed by atoms with E-state index >= 15 is 0 Å². The first kappa shape index (κ1) is 22.4. The lowest BCUT2D eigenvalue weighted by Gasteiger charge is -2.19. The lowest BCUT2D eigenvalue weighted by Crippen LogP contribution is -2.38. The molecule has 1 atom stereocenters. The molecule has 2 aromatic rings. The Balaban J connectivity index is 1.89. The van der Waals surface area contributed by atoms with Crippen LogP contribution >= 0.6 is 0 Å². The normalized spacial score (nSPS) is 11.5. The van der Waals surface area contributed by atoms with Crippen LogP contribution in [-0.4, -0.2) is 32.9 Å². The molecule has 2 amide bonds. The third-order valence-electron chi connectivity index (χ3n) is 4.51. The topological polar surface area (TPSA) is 68.8 Å². The Hall–Kier alpha value is -2.89. The predicted octanol–water partition coefficient (Wildman–Crippen LogP) is 4.40. The van der Waals surface area contributed by atoms with Crippen LogP contribution in [0.15, 0.2) is 36.4 Å². The molecule has 158 valence electrons. The number of rotatable bonds is 10. The van der Waals surface area contributed by atoms with Crippen LogP contribution in [0.4, 0.5) is 4.79 Å². The van der Waals surface area contributed by atoms with Crippen molar-refractivity contribution in [2.45, 2.75) is 40.2 Å². The van der Waals surface area contributed by atoms with E-state index < -0.39 is 0 Å². The average molecular weight is 401 g/mol. The van der Waals surface area contributed by atoms with Crippen molar-refractivity contribution in [2.75, 3.05) is 26.9 Å². The van der Waals surface area contributed by atoms with Crippen molar-refractivity contribution < 1.29 is 19.0 Å². The molecule has 0 aliphatic heterocycles. The van der Waals surface area contributed by atoms with E-state index in [1.807, 2.05) is 64.1 Å². The van der Waals surface area contributed by atoms with E-state index in [0.29, 0.717) is 31.9 Å². The van der Waals surface area contributed by atoms with E-state index in [1.165, 1.54) is 0 Å². The lowest BCUT2D eigenvalue weighted by atomic mass is 10.0. The summed E-state index contributed by atoms with van der Waals surface area (Å²) < 4.78 is 16.6. The van der Waals surface area contributed by atoms with Gasteiger partial charge in [-0.2, -0.15) is 0 Å². The fourth-order valence-electron chi connectivity index (χ4n) is 3.08. The Morgan fingerprint density at radius 3 is 2.38 bits per heavy atom. The van der Waals surface area contributed by atoms with Crippen LogP contribution in [0.25, 0.3) is 0 Å². The second kappa shape index (κ2) is 11.2. The molecule has 0 saturated carbocycles. The Morgan fingerprint density at radius 1 is 1.00 bits per heavy atom. The van der Waals surface area contributed by atoms with Gasteiger partial charge in [0, 0.05) is 12.1 Å². The first-order valence-corrected chi connectivity index (χ1v) is 10.1. The fraction of sp³-hybridized carbons (Fsp3) is 0.435. The van der Waals surface area contributed by atoms with Crippen molar-refractivity contribution in [1.82, 2.24) is 10.6 Å². The summed E-state index contributed by atoms with van der Waals surface area (Å²) in [6, 6.07) is 11.4. The van der Waals surface area contributed by atoms with Gasteiger partial charge in [-0.25, -0.2) is 4.79 Å². The summed E-state index contributed by atoms with van der Waals surface area (Å²) >= 11 is 0. The van der Waals surface area contributed by atoms with Gasteiger partial charge in [0.2, 0.25) is 0 Å². The number of urea groups is 1. The van der Waals surface area contributed by atoms with Crippen molar-refractivity contribution in [3.63, 3.8) is 0 Å². The van der Waals surface area contributed by atoms with Crippen LogP contribution in [0.1, 0.15) is 43.5 Å². The molecule has 0 aromatic heterocycles. The molecule has 0 aliphatic carbocycles. The van der Waals surface area contributed by atoms with Crippen LogP contribution in [0.5, 0.6) is 17.2 Å². The van der Waals surface area contributed by atoms with Crippen molar-refractivity contribution in [2.24, 2.45) is 0 Å². The second-order valence-corrected chi connectivity index (χ2v) is 6.76. The van der Waals surface area contributed by atoms with Crippen LogP contribution in [0, 0.1) is 6.92 Å². The number of hydrogen-bond acceptors (Lipinski definition) is 4. The van der Waals surface area contributed by atoms with Crippen molar-refractivity contribution in [1.29, 1.82) is 0 Å². The first-order chi connectivity index (χ1) is 14.0. The zero-order valence-corrected chi connectivity index (χ0v) is 18.0. The molecule has 1 unspecified atom stereocenters. The standard InChI is InChI=1S/C23H32N2O4/c1-6-28-20-10-8-16(3)14-19(20)17(4)25-23(26)24-13-12-18-9-11-21(29-7-2)22(15-18)27-5/h8-11,14-15,17H,6-7,12-13H2,1-5H3,(H2,24,25,26). The van der Waals surface area contributed by atoms with E-state index in [1.54, 1.807) is 7.11 Å². The van der Waals surface area contributed by atoms with Gasteiger partial charge in [0.25, 0.3) is 0 Å². The Bertz CT molecular complexity index is 807. The van der Waals surface area contributed by atoms with Gasteiger partial charge in [-0.1, -0.05) is 23.8 Å². The number of nitrogens with one attached hydrogen (secondary N) is 2. The lowest BCUT2D eigenvalue weighted by molar-refractivity contribution is 0.237. The smallest absolute Gasteiger partial charge is 0.315 e.